The van der Waals surface area contributed by atoms with Gasteiger partial charge in [0.25, 0.3) is 0 Å². The van der Waals surface area contributed by atoms with Crippen LogP contribution in [-0.2, 0) is 0 Å². The average molecular weight is 270 g/mol. The van der Waals surface area contributed by atoms with E-state index >= 15 is 0 Å². The first-order chi connectivity index (χ1) is 5.75. The molecule has 0 heterocycles. The monoisotopic (exact) mass is 270 g/mol. The van der Waals surface area contributed by atoms with Crippen LogP contribution in [0.25, 0.3) is 5.57 Å². The lowest BCUT2D eigenvalue weighted by atomic mass is 10.1. The van der Waals surface area contributed by atoms with E-state index < -0.39 is 0 Å². The van der Waals surface area contributed by atoms with Crippen LogP contribution in [0.1, 0.15) is 12.0 Å². The van der Waals surface area contributed by atoms with Crippen molar-refractivity contribution in [3.63, 3.8) is 0 Å². The van der Waals surface area contributed by atoms with Crippen molar-refractivity contribution in [1.29, 1.82) is 0 Å². The molecule has 0 aliphatic carbocycles. The first-order valence-corrected chi connectivity index (χ1v) is 4.87. The minimum absolute atomic E-state index is 0.861. The minimum Gasteiger partial charge on any atom is -0.103 e. The topological polar surface area (TPSA) is 0 Å². The fourth-order valence-electron chi connectivity index (χ4n) is 1.03. The highest BCUT2D eigenvalue weighted by atomic mass is 127. The Balaban J connectivity index is 2.94. The van der Waals surface area contributed by atoms with Crippen molar-refractivity contribution in [2.75, 3.05) is 0 Å². The summed E-state index contributed by atoms with van der Waals surface area (Å²) in [5.41, 5.74) is 2.37. The molecule has 0 fully saturated rings. The van der Waals surface area contributed by atoms with Crippen LogP contribution in [0.5, 0.6) is 0 Å². The summed E-state index contributed by atoms with van der Waals surface area (Å²) in [6, 6.07) is 8.25. The van der Waals surface area contributed by atoms with Crippen LogP contribution in [0.4, 0.5) is 0 Å². The molecule has 0 spiro atoms. The van der Waals surface area contributed by atoms with Crippen LogP contribution in [-0.4, -0.2) is 0 Å². The Kier molecular flexibility index (Phi) is 3.53. The van der Waals surface area contributed by atoms with Gasteiger partial charge in [-0.3, -0.25) is 0 Å². The van der Waals surface area contributed by atoms with E-state index in [1.165, 1.54) is 9.13 Å². The van der Waals surface area contributed by atoms with Crippen molar-refractivity contribution in [1.82, 2.24) is 0 Å². The molecule has 0 aliphatic heterocycles. The quantitative estimate of drug-likeness (QED) is 0.577. The van der Waals surface area contributed by atoms with Crippen LogP contribution in [0, 0.1) is 3.57 Å². The Morgan fingerprint density at radius 2 is 2.08 bits per heavy atom. The lowest BCUT2D eigenvalue weighted by Crippen LogP contribution is -1.84. The zero-order valence-corrected chi connectivity index (χ0v) is 9.04. The molecule has 0 bridgehead atoms. The summed E-state index contributed by atoms with van der Waals surface area (Å²) in [7, 11) is 0. The summed E-state index contributed by atoms with van der Waals surface area (Å²) in [5, 5.41) is 0. The standard InChI is InChI=1S/C11H11I/c1-3-6-9(2)10-7-4-5-8-11(10)12/h3-5,7-8H,1-2,6H2. The summed E-state index contributed by atoms with van der Waals surface area (Å²) in [5.74, 6) is 0. The smallest absolute Gasteiger partial charge is 0.0205 e. The van der Waals surface area contributed by atoms with Gasteiger partial charge in [0.15, 0.2) is 0 Å². The molecule has 0 radical (unpaired) electrons. The summed E-state index contributed by atoms with van der Waals surface area (Å²) < 4.78 is 1.25. The van der Waals surface area contributed by atoms with Crippen LogP contribution in [0.3, 0.4) is 0 Å². The highest BCUT2D eigenvalue weighted by Crippen LogP contribution is 2.21. The summed E-state index contributed by atoms with van der Waals surface area (Å²) in [4.78, 5) is 0. The second-order valence-corrected chi connectivity index (χ2v) is 3.74. The number of allylic oxidation sites excluding steroid dienone is 2. The molecule has 0 saturated carbocycles. The van der Waals surface area contributed by atoms with Gasteiger partial charge in [0.05, 0.1) is 0 Å². The van der Waals surface area contributed by atoms with Gasteiger partial charge < -0.3 is 0 Å². The molecule has 1 rings (SSSR count). The molecule has 62 valence electrons. The molecule has 1 heteroatoms. The summed E-state index contributed by atoms with van der Waals surface area (Å²) >= 11 is 2.32. The predicted octanol–water partition coefficient (Wildman–Crippen LogP) is 3.88. The SMILES string of the molecule is C=CCC(=C)c1ccccc1I. The van der Waals surface area contributed by atoms with Crippen molar-refractivity contribution in [2.24, 2.45) is 0 Å². The first-order valence-electron chi connectivity index (χ1n) is 3.79. The van der Waals surface area contributed by atoms with Gasteiger partial charge in [0, 0.05) is 3.57 Å². The molecule has 12 heavy (non-hydrogen) atoms. The Morgan fingerprint density at radius 3 is 2.67 bits per heavy atom. The largest absolute Gasteiger partial charge is 0.103 e. The van der Waals surface area contributed by atoms with Crippen LogP contribution in [0.2, 0.25) is 0 Å². The van der Waals surface area contributed by atoms with Crippen LogP contribution in [0.15, 0.2) is 43.5 Å². The molecule has 0 atom stereocenters. The molecule has 0 aromatic heterocycles. The van der Waals surface area contributed by atoms with E-state index in [0.717, 1.165) is 12.0 Å². The third-order valence-electron chi connectivity index (χ3n) is 1.65. The van der Waals surface area contributed by atoms with E-state index in [4.69, 9.17) is 0 Å². The lowest BCUT2D eigenvalue weighted by molar-refractivity contribution is 1.39. The Hall–Kier alpha value is -0.570. The van der Waals surface area contributed by atoms with Crippen LogP contribution < -0.4 is 0 Å². The maximum absolute atomic E-state index is 4.00. The third kappa shape index (κ3) is 2.21. The molecular formula is C11H11I. The van der Waals surface area contributed by atoms with Crippen LogP contribution >= 0.6 is 22.6 Å². The molecule has 0 amide bonds. The Bertz CT molecular complexity index is 300. The highest BCUT2D eigenvalue weighted by molar-refractivity contribution is 14.1. The highest BCUT2D eigenvalue weighted by Gasteiger charge is 1.99. The van der Waals surface area contributed by atoms with E-state index in [1.807, 2.05) is 18.2 Å². The van der Waals surface area contributed by atoms with Gasteiger partial charge in [-0.15, -0.1) is 6.58 Å². The van der Waals surface area contributed by atoms with Crippen molar-refractivity contribution in [2.45, 2.75) is 6.42 Å². The summed E-state index contributed by atoms with van der Waals surface area (Å²) in [6.07, 6.45) is 2.74. The zero-order valence-electron chi connectivity index (χ0n) is 6.89. The maximum atomic E-state index is 4.00. The second-order valence-electron chi connectivity index (χ2n) is 2.58. The molecule has 0 aliphatic rings. The predicted molar refractivity (Wildman–Crippen MR) is 63.0 cm³/mol. The van der Waals surface area contributed by atoms with E-state index in [1.54, 1.807) is 0 Å². The number of hydrogen-bond donors (Lipinski definition) is 0. The van der Waals surface area contributed by atoms with E-state index in [2.05, 4.69) is 47.9 Å². The van der Waals surface area contributed by atoms with E-state index in [-0.39, 0.29) is 0 Å². The van der Waals surface area contributed by atoms with Gasteiger partial charge in [0.2, 0.25) is 0 Å². The van der Waals surface area contributed by atoms with Gasteiger partial charge >= 0.3 is 0 Å². The van der Waals surface area contributed by atoms with Gasteiger partial charge in [0.1, 0.15) is 0 Å². The first kappa shape index (κ1) is 9.52. The average Bonchev–Trinajstić information content (AvgIpc) is 2.05. The number of rotatable bonds is 3. The molecule has 1 aromatic rings. The molecule has 0 unspecified atom stereocenters. The normalized spacial score (nSPS) is 9.42. The van der Waals surface area contributed by atoms with Crippen molar-refractivity contribution in [3.8, 4) is 0 Å². The molecule has 0 nitrogen and oxygen atoms in total. The van der Waals surface area contributed by atoms with E-state index in [9.17, 15) is 0 Å². The fourth-order valence-corrected chi connectivity index (χ4v) is 1.80. The number of halogens is 1. The fraction of sp³-hybridized carbons (Fsp3) is 0.0909. The number of hydrogen-bond acceptors (Lipinski definition) is 0. The second kappa shape index (κ2) is 4.45. The molecule has 0 N–H and O–H groups in total. The Morgan fingerprint density at radius 1 is 1.42 bits per heavy atom. The third-order valence-corrected chi connectivity index (χ3v) is 2.59. The van der Waals surface area contributed by atoms with Crippen molar-refractivity contribution in [3.05, 3.63) is 52.6 Å². The lowest BCUT2D eigenvalue weighted by Gasteiger charge is -2.04. The molecule has 0 saturated heterocycles. The van der Waals surface area contributed by atoms with Crippen molar-refractivity contribution < 1.29 is 0 Å². The summed E-state index contributed by atoms with van der Waals surface area (Å²) in [6.45, 7) is 7.69. The van der Waals surface area contributed by atoms with Crippen molar-refractivity contribution >= 4 is 28.2 Å². The van der Waals surface area contributed by atoms with Gasteiger partial charge in [-0.25, -0.2) is 0 Å². The molecular weight excluding hydrogens is 259 g/mol. The van der Waals surface area contributed by atoms with E-state index in [0.29, 0.717) is 0 Å². The van der Waals surface area contributed by atoms with Gasteiger partial charge in [-0.05, 0) is 46.2 Å². The van der Waals surface area contributed by atoms with Gasteiger partial charge in [-0.1, -0.05) is 30.9 Å². The maximum Gasteiger partial charge on any atom is 0.0205 e. The minimum atomic E-state index is 0.861. The Labute approximate surface area is 87.1 Å². The van der Waals surface area contributed by atoms with Gasteiger partial charge in [-0.2, -0.15) is 0 Å². The molecule has 1 aromatic carbocycles. The zero-order chi connectivity index (χ0) is 8.97. The number of benzene rings is 1.